The summed E-state index contributed by atoms with van der Waals surface area (Å²) >= 11 is 0. The third-order valence-corrected chi connectivity index (χ3v) is 2.10. The third-order valence-electron chi connectivity index (χ3n) is 2.10. The largest absolute Gasteiger partial charge is 0.473 e. The second-order valence-electron chi connectivity index (χ2n) is 3.37. The molecule has 0 atom stereocenters. The molecule has 0 amide bonds. The third kappa shape index (κ3) is 3.05. The van der Waals surface area contributed by atoms with E-state index in [9.17, 15) is 0 Å². The molecule has 88 valence electrons. The number of hydrogen-bond donors (Lipinski definition) is 3. The molecule has 0 spiro atoms. The van der Waals surface area contributed by atoms with Crippen LogP contribution in [0, 0.1) is 0 Å². The molecule has 0 bridgehead atoms. The van der Waals surface area contributed by atoms with Crippen molar-refractivity contribution in [1.82, 2.24) is 9.97 Å². The lowest BCUT2D eigenvalue weighted by Gasteiger charge is -2.07. The first kappa shape index (κ1) is 11.2. The minimum Gasteiger partial charge on any atom is -0.473 e. The zero-order chi connectivity index (χ0) is 12.1. The van der Waals surface area contributed by atoms with Crippen molar-refractivity contribution in [3.05, 3.63) is 42.0 Å². The van der Waals surface area contributed by atoms with Crippen LogP contribution in [-0.2, 0) is 6.61 Å². The fourth-order valence-corrected chi connectivity index (χ4v) is 1.32. The molecule has 6 nitrogen and oxygen atoms in total. The van der Waals surface area contributed by atoms with E-state index in [4.69, 9.17) is 16.3 Å². The first-order valence-electron chi connectivity index (χ1n) is 5.06. The smallest absolute Gasteiger partial charge is 0.225 e. The van der Waals surface area contributed by atoms with Gasteiger partial charge in [-0.15, -0.1) is 0 Å². The summed E-state index contributed by atoms with van der Waals surface area (Å²) in [5.74, 6) is 6.16. The molecule has 17 heavy (non-hydrogen) atoms. The molecule has 1 heterocycles. The summed E-state index contributed by atoms with van der Waals surface area (Å²) in [5.41, 5.74) is 8.95. The fourth-order valence-electron chi connectivity index (χ4n) is 1.32. The summed E-state index contributed by atoms with van der Waals surface area (Å²) in [5, 5.41) is 0. The van der Waals surface area contributed by atoms with E-state index in [1.54, 1.807) is 6.07 Å². The van der Waals surface area contributed by atoms with E-state index in [1.165, 1.54) is 0 Å². The SMILES string of the molecule is NNc1cc(OCc2ccccc2)nc(N)n1. The number of hydrogen-bond acceptors (Lipinski definition) is 6. The maximum absolute atomic E-state index is 5.51. The highest BCUT2D eigenvalue weighted by molar-refractivity contribution is 5.41. The van der Waals surface area contributed by atoms with Gasteiger partial charge in [0.15, 0.2) is 0 Å². The highest BCUT2D eigenvalue weighted by atomic mass is 16.5. The van der Waals surface area contributed by atoms with Crippen LogP contribution in [0.4, 0.5) is 11.8 Å². The molecule has 1 aromatic carbocycles. The Kier molecular flexibility index (Phi) is 3.37. The van der Waals surface area contributed by atoms with Crippen molar-refractivity contribution in [2.24, 2.45) is 5.84 Å². The Morgan fingerprint density at radius 2 is 1.94 bits per heavy atom. The summed E-state index contributed by atoms with van der Waals surface area (Å²) in [7, 11) is 0. The van der Waals surface area contributed by atoms with Crippen LogP contribution in [0.15, 0.2) is 36.4 Å². The molecule has 2 aromatic rings. The minimum absolute atomic E-state index is 0.114. The molecule has 0 saturated heterocycles. The zero-order valence-electron chi connectivity index (χ0n) is 9.13. The van der Waals surface area contributed by atoms with Crippen LogP contribution in [0.25, 0.3) is 0 Å². The molecule has 6 heteroatoms. The number of nitrogens with two attached hydrogens (primary N) is 2. The number of nitrogens with zero attached hydrogens (tertiary/aromatic N) is 2. The van der Waals surface area contributed by atoms with Gasteiger partial charge in [0.05, 0.1) is 0 Å². The number of ether oxygens (including phenoxy) is 1. The standard InChI is InChI=1S/C11H13N5O/c12-11-14-9(16-13)6-10(15-11)17-7-8-4-2-1-3-5-8/h1-6H,7,13H2,(H3,12,14,15,16). The second-order valence-corrected chi connectivity index (χ2v) is 3.37. The first-order valence-corrected chi connectivity index (χ1v) is 5.06. The molecule has 5 N–H and O–H groups in total. The molecule has 0 radical (unpaired) electrons. The van der Waals surface area contributed by atoms with Crippen molar-refractivity contribution in [2.75, 3.05) is 11.2 Å². The molecule has 1 aromatic heterocycles. The van der Waals surface area contributed by atoms with Crippen LogP contribution in [0.5, 0.6) is 5.88 Å². The van der Waals surface area contributed by atoms with Gasteiger partial charge < -0.3 is 15.9 Å². The minimum atomic E-state index is 0.114. The summed E-state index contributed by atoms with van der Waals surface area (Å²) in [6.45, 7) is 0.418. The van der Waals surface area contributed by atoms with E-state index < -0.39 is 0 Å². The van der Waals surface area contributed by atoms with Gasteiger partial charge in [0.25, 0.3) is 0 Å². The van der Waals surface area contributed by atoms with Crippen LogP contribution in [0.3, 0.4) is 0 Å². The van der Waals surface area contributed by atoms with Crippen LogP contribution in [-0.4, -0.2) is 9.97 Å². The maximum Gasteiger partial charge on any atom is 0.225 e. The lowest BCUT2D eigenvalue weighted by Crippen LogP contribution is -2.11. The average Bonchev–Trinajstić information content (AvgIpc) is 2.37. The highest BCUT2D eigenvalue weighted by Crippen LogP contribution is 2.15. The van der Waals surface area contributed by atoms with Gasteiger partial charge in [0.1, 0.15) is 12.4 Å². The highest BCUT2D eigenvalue weighted by Gasteiger charge is 2.02. The van der Waals surface area contributed by atoms with Crippen molar-refractivity contribution in [1.29, 1.82) is 0 Å². The molecule has 0 fully saturated rings. The van der Waals surface area contributed by atoms with E-state index in [2.05, 4.69) is 15.4 Å². The van der Waals surface area contributed by atoms with Crippen LogP contribution < -0.4 is 21.7 Å². The van der Waals surface area contributed by atoms with E-state index in [0.29, 0.717) is 18.3 Å². The Morgan fingerprint density at radius 1 is 1.18 bits per heavy atom. The number of anilines is 2. The molecular weight excluding hydrogens is 218 g/mol. The quantitative estimate of drug-likeness (QED) is 0.534. The molecule has 0 aliphatic heterocycles. The Labute approximate surface area is 98.6 Å². The predicted molar refractivity (Wildman–Crippen MR) is 65.0 cm³/mol. The van der Waals surface area contributed by atoms with Crippen molar-refractivity contribution in [3.63, 3.8) is 0 Å². The molecule has 2 rings (SSSR count). The lowest BCUT2D eigenvalue weighted by atomic mass is 10.2. The van der Waals surface area contributed by atoms with E-state index in [1.807, 2.05) is 30.3 Å². The van der Waals surface area contributed by atoms with Gasteiger partial charge in [-0.1, -0.05) is 30.3 Å². The summed E-state index contributed by atoms with van der Waals surface area (Å²) < 4.78 is 5.49. The van der Waals surface area contributed by atoms with Gasteiger partial charge in [0.2, 0.25) is 11.8 Å². The van der Waals surface area contributed by atoms with E-state index in [0.717, 1.165) is 5.56 Å². The number of benzene rings is 1. The second kappa shape index (κ2) is 5.13. The number of nitrogens with one attached hydrogen (secondary N) is 1. The van der Waals surface area contributed by atoms with Gasteiger partial charge in [0, 0.05) is 6.07 Å². The number of hydrazine groups is 1. The van der Waals surface area contributed by atoms with Gasteiger partial charge in [-0.25, -0.2) is 5.84 Å². The van der Waals surface area contributed by atoms with Gasteiger partial charge in [-0.3, -0.25) is 0 Å². The Hall–Kier alpha value is -2.34. The molecule has 0 aliphatic carbocycles. The number of rotatable bonds is 4. The van der Waals surface area contributed by atoms with Gasteiger partial charge >= 0.3 is 0 Å². The molecule has 0 aliphatic rings. The summed E-state index contributed by atoms with van der Waals surface area (Å²) in [6.07, 6.45) is 0. The van der Waals surface area contributed by atoms with Crippen molar-refractivity contribution in [2.45, 2.75) is 6.61 Å². The summed E-state index contributed by atoms with van der Waals surface area (Å²) in [4.78, 5) is 7.80. The molecule has 0 saturated carbocycles. The lowest BCUT2D eigenvalue weighted by molar-refractivity contribution is 0.294. The van der Waals surface area contributed by atoms with Crippen molar-refractivity contribution >= 4 is 11.8 Å². The molecule has 0 unspecified atom stereocenters. The van der Waals surface area contributed by atoms with Crippen LogP contribution in [0.2, 0.25) is 0 Å². The monoisotopic (exact) mass is 231 g/mol. The van der Waals surface area contributed by atoms with Crippen LogP contribution >= 0.6 is 0 Å². The normalized spacial score (nSPS) is 9.94. The average molecular weight is 231 g/mol. The number of aromatic nitrogens is 2. The van der Waals surface area contributed by atoms with Crippen LogP contribution in [0.1, 0.15) is 5.56 Å². The predicted octanol–water partition coefficient (Wildman–Crippen LogP) is 0.923. The Morgan fingerprint density at radius 3 is 2.65 bits per heavy atom. The van der Waals surface area contributed by atoms with Crippen molar-refractivity contribution < 1.29 is 4.74 Å². The van der Waals surface area contributed by atoms with E-state index >= 15 is 0 Å². The maximum atomic E-state index is 5.51. The topological polar surface area (TPSA) is 99.1 Å². The zero-order valence-corrected chi connectivity index (χ0v) is 9.13. The first-order chi connectivity index (χ1) is 8.28. The fraction of sp³-hybridized carbons (Fsp3) is 0.0909. The van der Waals surface area contributed by atoms with Gasteiger partial charge in [-0.05, 0) is 5.56 Å². The Balaban J connectivity index is 2.06. The Bertz CT molecular complexity index is 488. The van der Waals surface area contributed by atoms with Gasteiger partial charge in [-0.2, -0.15) is 9.97 Å². The summed E-state index contributed by atoms with van der Waals surface area (Å²) in [6, 6.07) is 11.3. The van der Waals surface area contributed by atoms with E-state index in [-0.39, 0.29) is 5.95 Å². The van der Waals surface area contributed by atoms with Crippen molar-refractivity contribution in [3.8, 4) is 5.88 Å². The number of nitrogen functional groups attached to an aromatic ring is 2. The molecular formula is C11H13N5O.